The lowest BCUT2D eigenvalue weighted by Crippen LogP contribution is -2.36. The lowest BCUT2D eigenvalue weighted by atomic mass is 10.1. The van der Waals surface area contributed by atoms with E-state index in [1.54, 1.807) is 4.90 Å². The average Bonchev–Trinajstić information content (AvgIpc) is 2.37. The largest absolute Gasteiger partial charge is 0.416 e. The van der Waals surface area contributed by atoms with Crippen LogP contribution < -0.4 is 4.90 Å². The van der Waals surface area contributed by atoms with Crippen molar-refractivity contribution in [3.63, 3.8) is 0 Å². The summed E-state index contributed by atoms with van der Waals surface area (Å²) >= 11 is 3.01. The molecule has 0 aliphatic carbocycles. The molecule has 1 aromatic carbocycles. The minimum Gasteiger partial charge on any atom is -0.378 e. The van der Waals surface area contributed by atoms with Crippen LogP contribution in [0.1, 0.15) is 5.56 Å². The molecule has 1 saturated heterocycles. The molecule has 1 aliphatic rings. The molecule has 0 unspecified atom stereocenters. The van der Waals surface area contributed by atoms with Gasteiger partial charge < -0.3 is 9.64 Å². The number of ether oxygens (including phenoxy) is 1. The number of benzene rings is 1. The molecule has 5 nitrogen and oxygen atoms in total. The van der Waals surface area contributed by atoms with E-state index in [0.717, 1.165) is 6.07 Å². The molecule has 1 aliphatic heterocycles. The van der Waals surface area contributed by atoms with Crippen LogP contribution in [0.4, 0.5) is 24.5 Å². The second-order valence-electron chi connectivity index (χ2n) is 4.18. The van der Waals surface area contributed by atoms with Crippen molar-refractivity contribution < 1.29 is 22.8 Å². The van der Waals surface area contributed by atoms with Crippen molar-refractivity contribution in [2.45, 2.75) is 6.18 Å². The third kappa shape index (κ3) is 3.04. The zero-order valence-corrected chi connectivity index (χ0v) is 11.7. The average molecular weight is 355 g/mol. The fraction of sp³-hybridized carbons (Fsp3) is 0.455. The highest BCUT2D eigenvalue weighted by Gasteiger charge is 2.35. The maximum absolute atomic E-state index is 12.7. The van der Waals surface area contributed by atoms with Crippen LogP contribution in [0, 0.1) is 10.1 Å². The Morgan fingerprint density at radius 1 is 1.30 bits per heavy atom. The summed E-state index contributed by atoms with van der Waals surface area (Å²) in [4.78, 5) is 11.9. The molecule has 9 heteroatoms. The summed E-state index contributed by atoms with van der Waals surface area (Å²) in [5.41, 5.74) is -1.45. The quantitative estimate of drug-likeness (QED) is 0.604. The van der Waals surface area contributed by atoms with Crippen molar-refractivity contribution >= 4 is 27.3 Å². The highest BCUT2D eigenvalue weighted by atomic mass is 79.9. The number of nitrogens with zero attached hydrogens (tertiary/aromatic N) is 2. The van der Waals surface area contributed by atoms with Crippen LogP contribution in [0.3, 0.4) is 0 Å². The van der Waals surface area contributed by atoms with Crippen LogP contribution in [0.15, 0.2) is 16.6 Å². The number of hydrogen-bond donors (Lipinski definition) is 0. The molecule has 20 heavy (non-hydrogen) atoms. The van der Waals surface area contributed by atoms with Crippen molar-refractivity contribution in [2.75, 3.05) is 31.2 Å². The third-order valence-electron chi connectivity index (χ3n) is 2.89. The topological polar surface area (TPSA) is 55.6 Å². The smallest absolute Gasteiger partial charge is 0.378 e. The first-order valence-electron chi connectivity index (χ1n) is 5.68. The first-order chi connectivity index (χ1) is 9.30. The van der Waals surface area contributed by atoms with E-state index < -0.39 is 22.4 Å². The van der Waals surface area contributed by atoms with Gasteiger partial charge in [0.05, 0.1) is 23.7 Å². The van der Waals surface area contributed by atoms with Gasteiger partial charge in [0.1, 0.15) is 5.69 Å². The summed E-state index contributed by atoms with van der Waals surface area (Å²) in [7, 11) is 0. The summed E-state index contributed by atoms with van der Waals surface area (Å²) in [5.74, 6) is 0. The Bertz CT molecular complexity index is 530. The zero-order valence-electron chi connectivity index (χ0n) is 10.1. The Hall–Kier alpha value is -1.35. The number of rotatable bonds is 2. The molecule has 0 spiro atoms. The minimum atomic E-state index is -4.63. The van der Waals surface area contributed by atoms with E-state index in [9.17, 15) is 23.3 Å². The number of nitro benzene ring substituents is 1. The van der Waals surface area contributed by atoms with Crippen molar-refractivity contribution in [3.05, 3.63) is 32.3 Å². The van der Waals surface area contributed by atoms with Gasteiger partial charge in [-0.3, -0.25) is 10.1 Å². The number of halogens is 4. The van der Waals surface area contributed by atoms with Gasteiger partial charge in [-0.25, -0.2) is 0 Å². The van der Waals surface area contributed by atoms with Crippen molar-refractivity contribution in [1.82, 2.24) is 0 Å². The molecule has 1 fully saturated rings. The first kappa shape index (κ1) is 15.0. The second-order valence-corrected chi connectivity index (χ2v) is 5.03. The van der Waals surface area contributed by atoms with Gasteiger partial charge in [0.25, 0.3) is 5.69 Å². The minimum absolute atomic E-state index is 0.0564. The third-order valence-corrected chi connectivity index (χ3v) is 3.50. The highest BCUT2D eigenvalue weighted by molar-refractivity contribution is 9.10. The predicted molar refractivity (Wildman–Crippen MR) is 68.8 cm³/mol. The number of alkyl halides is 3. The van der Waals surface area contributed by atoms with Crippen molar-refractivity contribution in [1.29, 1.82) is 0 Å². The lowest BCUT2D eigenvalue weighted by molar-refractivity contribution is -0.384. The molecule has 2 rings (SSSR count). The van der Waals surface area contributed by atoms with Crippen molar-refractivity contribution in [3.8, 4) is 0 Å². The van der Waals surface area contributed by atoms with E-state index >= 15 is 0 Å². The summed E-state index contributed by atoms with van der Waals surface area (Å²) in [5, 5.41) is 11.1. The number of anilines is 1. The highest BCUT2D eigenvalue weighted by Crippen LogP contribution is 2.41. The summed E-state index contributed by atoms with van der Waals surface area (Å²) in [6, 6.07) is 1.42. The fourth-order valence-electron chi connectivity index (χ4n) is 1.99. The Balaban J connectivity index is 2.53. The Kier molecular flexibility index (Phi) is 4.19. The van der Waals surface area contributed by atoms with Gasteiger partial charge in [0.15, 0.2) is 0 Å². The SMILES string of the molecule is O=[N+]([O-])c1cc(C(F)(F)F)cc(Br)c1N1CCOCC1. The fourth-order valence-corrected chi connectivity index (χ4v) is 2.69. The maximum Gasteiger partial charge on any atom is 0.416 e. The van der Waals surface area contributed by atoms with Gasteiger partial charge in [-0.15, -0.1) is 0 Å². The molecule has 0 radical (unpaired) electrons. The molecule has 0 saturated carbocycles. The normalized spacial score (nSPS) is 16.3. The molecule has 0 atom stereocenters. The van der Waals surface area contributed by atoms with Crippen LogP contribution in [0.25, 0.3) is 0 Å². The van der Waals surface area contributed by atoms with Gasteiger partial charge in [0, 0.05) is 23.6 Å². The van der Waals surface area contributed by atoms with E-state index in [2.05, 4.69) is 15.9 Å². The molecular formula is C11H10BrF3N2O3. The molecule has 1 aromatic rings. The van der Waals surface area contributed by atoms with E-state index in [1.807, 2.05) is 0 Å². The standard InChI is InChI=1S/C11H10BrF3N2O3/c12-8-5-7(11(13,14)15)6-9(17(18)19)10(8)16-1-3-20-4-2-16/h5-6H,1-4H2. The van der Waals surface area contributed by atoms with E-state index in [-0.39, 0.29) is 10.2 Å². The van der Waals surface area contributed by atoms with Crippen molar-refractivity contribution in [2.24, 2.45) is 0 Å². The predicted octanol–water partition coefficient (Wildman–Crippen LogP) is 3.21. The van der Waals surface area contributed by atoms with Gasteiger partial charge in [0.2, 0.25) is 0 Å². The molecule has 0 aromatic heterocycles. The van der Waals surface area contributed by atoms with Gasteiger partial charge >= 0.3 is 6.18 Å². The molecule has 0 bridgehead atoms. The second kappa shape index (κ2) is 5.57. The Labute approximate surface area is 120 Å². The van der Waals surface area contributed by atoms with Gasteiger partial charge in [-0.2, -0.15) is 13.2 Å². The summed E-state index contributed by atoms with van der Waals surface area (Å²) in [6.45, 7) is 1.55. The van der Waals surface area contributed by atoms with Crippen LogP contribution in [-0.4, -0.2) is 31.2 Å². The molecular weight excluding hydrogens is 345 g/mol. The van der Waals surface area contributed by atoms with E-state index in [0.29, 0.717) is 32.4 Å². The summed E-state index contributed by atoms with van der Waals surface area (Å²) < 4.78 is 43.3. The zero-order chi connectivity index (χ0) is 14.9. The Morgan fingerprint density at radius 3 is 2.40 bits per heavy atom. The van der Waals surface area contributed by atoms with Crippen LogP contribution >= 0.6 is 15.9 Å². The molecule has 110 valence electrons. The summed E-state index contributed by atoms with van der Waals surface area (Å²) in [6.07, 6.45) is -4.63. The van der Waals surface area contributed by atoms with E-state index in [1.165, 1.54) is 0 Å². The number of hydrogen-bond acceptors (Lipinski definition) is 4. The van der Waals surface area contributed by atoms with Crippen LogP contribution in [0.5, 0.6) is 0 Å². The van der Waals surface area contributed by atoms with Gasteiger partial charge in [-0.05, 0) is 22.0 Å². The molecule has 1 heterocycles. The monoisotopic (exact) mass is 354 g/mol. The first-order valence-corrected chi connectivity index (χ1v) is 6.48. The van der Waals surface area contributed by atoms with Crippen LogP contribution in [0.2, 0.25) is 0 Å². The number of morpholine rings is 1. The molecule has 0 N–H and O–H groups in total. The maximum atomic E-state index is 12.7. The van der Waals surface area contributed by atoms with Crippen LogP contribution in [-0.2, 0) is 10.9 Å². The Morgan fingerprint density at radius 2 is 1.90 bits per heavy atom. The van der Waals surface area contributed by atoms with Gasteiger partial charge in [-0.1, -0.05) is 0 Å². The lowest BCUT2D eigenvalue weighted by Gasteiger charge is -2.29. The number of nitro groups is 1. The molecule has 0 amide bonds. The van der Waals surface area contributed by atoms with E-state index in [4.69, 9.17) is 4.74 Å².